The molecule has 1 aromatic heterocycles. The van der Waals surface area contributed by atoms with Gasteiger partial charge in [-0.2, -0.15) is 0 Å². The molecule has 1 unspecified atom stereocenters. The molecular formula is C15H18ClFN2. The Hall–Kier alpha value is -1.35. The van der Waals surface area contributed by atoms with Crippen LogP contribution in [0.3, 0.4) is 0 Å². The fourth-order valence-corrected chi connectivity index (χ4v) is 2.42. The van der Waals surface area contributed by atoms with Crippen LogP contribution in [0.25, 0.3) is 0 Å². The van der Waals surface area contributed by atoms with Gasteiger partial charge in [-0.3, -0.25) is 0 Å². The Balaban J connectivity index is 1.90. The van der Waals surface area contributed by atoms with Crippen molar-refractivity contribution in [3.8, 4) is 0 Å². The third kappa shape index (κ3) is 4.06. The summed E-state index contributed by atoms with van der Waals surface area (Å²) in [7, 11) is 2.00. The van der Waals surface area contributed by atoms with Crippen molar-refractivity contribution in [1.82, 2.24) is 9.55 Å². The van der Waals surface area contributed by atoms with Gasteiger partial charge < -0.3 is 4.57 Å². The summed E-state index contributed by atoms with van der Waals surface area (Å²) in [4.78, 5) is 4.31. The molecule has 0 radical (unpaired) electrons. The molecule has 0 fully saturated rings. The van der Waals surface area contributed by atoms with Crippen LogP contribution >= 0.6 is 11.6 Å². The van der Waals surface area contributed by atoms with Gasteiger partial charge in [0.25, 0.3) is 0 Å². The summed E-state index contributed by atoms with van der Waals surface area (Å²) in [6.07, 6.45) is 6.55. The van der Waals surface area contributed by atoms with Gasteiger partial charge in [-0.15, -0.1) is 11.6 Å². The van der Waals surface area contributed by atoms with Gasteiger partial charge in [0.05, 0.1) is 0 Å². The number of aromatic nitrogens is 2. The maximum Gasteiger partial charge on any atom is 0.123 e. The molecule has 0 aliphatic heterocycles. The minimum atomic E-state index is -0.195. The Labute approximate surface area is 118 Å². The van der Waals surface area contributed by atoms with Crippen molar-refractivity contribution < 1.29 is 4.39 Å². The van der Waals surface area contributed by atoms with Gasteiger partial charge in [0.1, 0.15) is 11.6 Å². The van der Waals surface area contributed by atoms with E-state index in [9.17, 15) is 4.39 Å². The van der Waals surface area contributed by atoms with Gasteiger partial charge in [0.15, 0.2) is 0 Å². The number of nitrogens with zero attached hydrogens (tertiary/aromatic N) is 2. The van der Waals surface area contributed by atoms with Gasteiger partial charge in [-0.25, -0.2) is 9.37 Å². The fourth-order valence-electron chi connectivity index (χ4n) is 2.16. The Morgan fingerprint density at radius 3 is 2.63 bits per heavy atom. The number of imidazole rings is 1. The van der Waals surface area contributed by atoms with Crippen molar-refractivity contribution in [2.45, 2.75) is 19.3 Å². The quantitative estimate of drug-likeness (QED) is 0.740. The van der Waals surface area contributed by atoms with E-state index in [1.165, 1.54) is 12.1 Å². The van der Waals surface area contributed by atoms with Crippen LogP contribution in [0.4, 0.5) is 4.39 Å². The van der Waals surface area contributed by atoms with E-state index in [0.717, 1.165) is 30.7 Å². The summed E-state index contributed by atoms with van der Waals surface area (Å²) in [5.41, 5.74) is 1.13. The Morgan fingerprint density at radius 1 is 1.32 bits per heavy atom. The van der Waals surface area contributed by atoms with E-state index in [2.05, 4.69) is 4.98 Å². The zero-order valence-corrected chi connectivity index (χ0v) is 11.8. The first kappa shape index (κ1) is 14.1. The summed E-state index contributed by atoms with van der Waals surface area (Å²) >= 11 is 6.03. The van der Waals surface area contributed by atoms with Crippen molar-refractivity contribution >= 4 is 11.6 Å². The van der Waals surface area contributed by atoms with Crippen LogP contribution in [0.1, 0.15) is 17.8 Å². The minimum absolute atomic E-state index is 0.195. The van der Waals surface area contributed by atoms with Crippen molar-refractivity contribution in [1.29, 1.82) is 0 Å². The molecule has 0 saturated carbocycles. The average Bonchev–Trinajstić information content (AvgIpc) is 2.82. The predicted octanol–water partition coefficient (Wildman–Crippen LogP) is 3.59. The lowest BCUT2D eigenvalue weighted by Gasteiger charge is -2.13. The first-order valence-electron chi connectivity index (χ1n) is 6.45. The smallest absolute Gasteiger partial charge is 0.123 e. The lowest BCUT2D eigenvalue weighted by atomic mass is 9.96. The molecule has 0 bridgehead atoms. The van der Waals surface area contributed by atoms with Gasteiger partial charge in [-0.1, -0.05) is 12.1 Å². The van der Waals surface area contributed by atoms with Gasteiger partial charge >= 0.3 is 0 Å². The molecule has 1 atom stereocenters. The third-order valence-electron chi connectivity index (χ3n) is 3.35. The highest BCUT2D eigenvalue weighted by atomic mass is 35.5. The molecular weight excluding hydrogens is 263 g/mol. The average molecular weight is 281 g/mol. The van der Waals surface area contributed by atoms with Gasteiger partial charge in [0.2, 0.25) is 0 Å². The summed E-state index contributed by atoms with van der Waals surface area (Å²) in [5.74, 6) is 1.89. The highest BCUT2D eigenvalue weighted by molar-refractivity contribution is 6.18. The molecule has 0 aliphatic rings. The van der Waals surface area contributed by atoms with E-state index in [1.54, 1.807) is 0 Å². The van der Waals surface area contributed by atoms with Crippen molar-refractivity contribution in [3.05, 3.63) is 53.9 Å². The summed E-state index contributed by atoms with van der Waals surface area (Å²) < 4.78 is 14.9. The molecule has 0 spiro atoms. The molecule has 0 saturated heterocycles. The van der Waals surface area contributed by atoms with E-state index in [1.807, 2.05) is 36.1 Å². The SMILES string of the molecule is Cn1ccnc1CCC(CCl)Cc1ccc(F)cc1. The summed E-state index contributed by atoms with van der Waals surface area (Å²) in [5, 5.41) is 0. The second kappa shape index (κ2) is 6.71. The number of aryl methyl sites for hydroxylation is 2. The van der Waals surface area contributed by atoms with Crippen LogP contribution in [0.2, 0.25) is 0 Å². The first-order valence-corrected chi connectivity index (χ1v) is 6.99. The third-order valence-corrected chi connectivity index (χ3v) is 3.79. The van der Waals surface area contributed by atoms with Crippen LogP contribution < -0.4 is 0 Å². The zero-order valence-electron chi connectivity index (χ0n) is 11.0. The van der Waals surface area contributed by atoms with Crippen LogP contribution in [-0.4, -0.2) is 15.4 Å². The van der Waals surface area contributed by atoms with Gasteiger partial charge in [-0.05, 0) is 36.5 Å². The van der Waals surface area contributed by atoms with Crippen LogP contribution in [-0.2, 0) is 19.9 Å². The molecule has 1 aromatic carbocycles. The molecule has 1 heterocycles. The molecule has 2 rings (SSSR count). The van der Waals surface area contributed by atoms with Crippen molar-refractivity contribution in [2.24, 2.45) is 13.0 Å². The fraction of sp³-hybridized carbons (Fsp3) is 0.400. The number of rotatable bonds is 6. The topological polar surface area (TPSA) is 17.8 Å². The predicted molar refractivity (Wildman–Crippen MR) is 75.8 cm³/mol. The molecule has 102 valence electrons. The largest absolute Gasteiger partial charge is 0.338 e. The molecule has 2 aromatic rings. The molecule has 0 aliphatic carbocycles. The van der Waals surface area contributed by atoms with Crippen LogP contribution in [0.15, 0.2) is 36.7 Å². The van der Waals surface area contributed by atoms with Crippen molar-refractivity contribution in [2.75, 3.05) is 5.88 Å². The highest BCUT2D eigenvalue weighted by Gasteiger charge is 2.10. The summed E-state index contributed by atoms with van der Waals surface area (Å²) in [6, 6.07) is 6.66. The van der Waals surface area contributed by atoms with Crippen LogP contribution in [0.5, 0.6) is 0 Å². The van der Waals surface area contributed by atoms with E-state index < -0.39 is 0 Å². The maximum atomic E-state index is 12.8. The number of halogens is 2. The number of hydrogen-bond donors (Lipinski definition) is 0. The summed E-state index contributed by atoms with van der Waals surface area (Å²) in [6.45, 7) is 0. The van der Waals surface area contributed by atoms with E-state index in [0.29, 0.717) is 11.8 Å². The van der Waals surface area contributed by atoms with E-state index in [4.69, 9.17) is 11.6 Å². The minimum Gasteiger partial charge on any atom is -0.338 e. The second-order valence-electron chi connectivity index (χ2n) is 4.84. The van der Waals surface area contributed by atoms with E-state index in [-0.39, 0.29) is 5.82 Å². The number of hydrogen-bond acceptors (Lipinski definition) is 1. The molecule has 0 N–H and O–H groups in total. The Kier molecular flexibility index (Phi) is 4.97. The standard InChI is InChI=1S/C15H18ClFN2/c1-19-9-8-18-15(19)7-4-13(11-16)10-12-2-5-14(17)6-3-12/h2-3,5-6,8-9,13H,4,7,10-11H2,1H3. The molecule has 4 heteroatoms. The van der Waals surface area contributed by atoms with Crippen LogP contribution in [0, 0.1) is 11.7 Å². The first-order chi connectivity index (χ1) is 9.19. The monoisotopic (exact) mass is 280 g/mol. The van der Waals surface area contributed by atoms with E-state index >= 15 is 0 Å². The lowest BCUT2D eigenvalue weighted by Crippen LogP contribution is -2.10. The molecule has 19 heavy (non-hydrogen) atoms. The normalized spacial score (nSPS) is 12.6. The molecule has 0 amide bonds. The zero-order chi connectivity index (χ0) is 13.7. The highest BCUT2D eigenvalue weighted by Crippen LogP contribution is 2.17. The van der Waals surface area contributed by atoms with Crippen molar-refractivity contribution in [3.63, 3.8) is 0 Å². The number of benzene rings is 1. The second-order valence-corrected chi connectivity index (χ2v) is 5.15. The Morgan fingerprint density at radius 2 is 2.05 bits per heavy atom. The lowest BCUT2D eigenvalue weighted by molar-refractivity contribution is 0.522. The maximum absolute atomic E-state index is 12.8. The van der Waals surface area contributed by atoms with Gasteiger partial charge in [0, 0.05) is 31.7 Å². The Bertz CT molecular complexity index is 507. The molecule has 2 nitrogen and oxygen atoms in total. The number of alkyl halides is 1.